The van der Waals surface area contributed by atoms with Gasteiger partial charge in [0.2, 0.25) is 0 Å². The Bertz CT molecular complexity index is 1140. The highest BCUT2D eigenvalue weighted by molar-refractivity contribution is 6.32. The third-order valence-electron chi connectivity index (χ3n) is 5.35. The molecule has 0 radical (unpaired) electrons. The smallest absolute Gasteiger partial charge is 0.382 e. The topological polar surface area (TPSA) is 76.0 Å². The third-order valence-corrected chi connectivity index (χ3v) is 5.71. The Morgan fingerprint density at radius 1 is 1.32 bits per heavy atom. The molecule has 0 saturated heterocycles. The molecule has 0 spiro atoms. The van der Waals surface area contributed by atoms with E-state index < -0.39 is 23.3 Å². The molecule has 0 saturated carbocycles. The summed E-state index contributed by atoms with van der Waals surface area (Å²) in [5.41, 5.74) is 0.956. The monoisotopic (exact) mass is 453 g/mol. The molecule has 1 aliphatic heterocycles. The number of rotatable bonds is 5. The summed E-state index contributed by atoms with van der Waals surface area (Å²) in [6.07, 6.45) is -0.960. The number of alkyl halides is 3. The SMILES string of the molecule is COC[C@@H](c1ccccc1C(F)(F)F)n1cnc2c1CCN(c1cn[nH]c(=O)c1Cl)C2. The summed E-state index contributed by atoms with van der Waals surface area (Å²) >= 11 is 6.12. The standard InChI is InChI=1S/C20H19ClF3N5O2/c1-31-10-17(12-4-2-3-5-13(12)20(22,23)24)29-11-25-14-9-28(7-6-15(14)29)16-8-26-27-19(30)18(16)21/h2-5,8,11,17H,6-7,9-10H2,1H3,(H,27,30)/t17-/m0/s1. The normalized spacial score (nSPS) is 15.1. The molecule has 1 aromatic carbocycles. The lowest BCUT2D eigenvalue weighted by Gasteiger charge is -2.31. The Hall–Kier alpha value is -2.85. The van der Waals surface area contributed by atoms with Gasteiger partial charge in [0.25, 0.3) is 5.56 Å². The molecule has 0 bridgehead atoms. The first-order valence-corrected chi connectivity index (χ1v) is 9.86. The first-order valence-electron chi connectivity index (χ1n) is 9.49. The quantitative estimate of drug-likeness (QED) is 0.640. The lowest BCUT2D eigenvalue weighted by molar-refractivity contribution is -0.138. The Balaban J connectivity index is 1.71. The largest absolute Gasteiger partial charge is 0.416 e. The molecular weight excluding hydrogens is 435 g/mol. The molecule has 0 fully saturated rings. The van der Waals surface area contributed by atoms with Gasteiger partial charge in [-0.3, -0.25) is 4.79 Å². The van der Waals surface area contributed by atoms with Crippen molar-refractivity contribution in [2.75, 3.05) is 25.2 Å². The summed E-state index contributed by atoms with van der Waals surface area (Å²) in [4.78, 5) is 18.1. The lowest BCUT2D eigenvalue weighted by atomic mass is 9.99. The van der Waals surface area contributed by atoms with Crippen molar-refractivity contribution in [3.8, 4) is 0 Å². The number of nitrogens with zero attached hydrogens (tertiary/aromatic N) is 4. The van der Waals surface area contributed by atoms with Crippen molar-refractivity contribution in [2.24, 2.45) is 0 Å². The molecule has 4 rings (SSSR count). The number of nitrogens with one attached hydrogen (secondary N) is 1. The second kappa shape index (κ2) is 8.35. The number of hydrogen-bond donors (Lipinski definition) is 1. The maximum Gasteiger partial charge on any atom is 0.416 e. The van der Waals surface area contributed by atoms with Crippen molar-refractivity contribution in [3.63, 3.8) is 0 Å². The van der Waals surface area contributed by atoms with Crippen LogP contribution in [0.2, 0.25) is 5.02 Å². The van der Waals surface area contributed by atoms with Gasteiger partial charge in [-0.15, -0.1) is 0 Å². The van der Waals surface area contributed by atoms with Crippen molar-refractivity contribution < 1.29 is 17.9 Å². The van der Waals surface area contributed by atoms with Gasteiger partial charge < -0.3 is 14.2 Å². The van der Waals surface area contributed by atoms with E-state index in [0.717, 1.165) is 11.8 Å². The zero-order valence-electron chi connectivity index (χ0n) is 16.5. The molecule has 0 aliphatic carbocycles. The molecule has 1 N–H and O–H groups in total. The number of hydrogen-bond acceptors (Lipinski definition) is 5. The van der Waals surface area contributed by atoms with Gasteiger partial charge in [0.05, 0.1) is 48.7 Å². The van der Waals surface area contributed by atoms with E-state index >= 15 is 0 Å². The Kier molecular flexibility index (Phi) is 5.76. The van der Waals surface area contributed by atoms with Gasteiger partial charge in [-0.05, 0) is 11.6 Å². The number of aromatic nitrogens is 4. The van der Waals surface area contributed by atoms with Gasteiger partial charge in [0.15, 0.2) is 0 Å². The fraction of sp³-hybridized carbons (Fsp3) is 0.350. The molecule has 1 atom stereocenters. The predicted octanol–water partition coefficient (Wildman–Crippen LogP) is 3.44. The average Bonchev–Trinajstić information content (AvgIpc) is 3.16. The number of methoxy groups -OCH3 is 1. The van der Waals surface area contributed by atoms with Gasteiger partial charge in [-0.1, -0.05) is 29.8 Å². The summed E-state index contributed by atoms with van der Waals surface area (Å²) in [6.45, 7) is 0.918. The highest BCUT2D eigenvalue weighted by Gasteiger charge is 2.36. The first kappa shape index (κ1) is 21.4. The van der Waals surface area contributed by atoms with Gasteiger partial charge in [0.1, 0.15) is 5.02 Å². The molecule has 3 aromatic rings. The molecule has 2 aromatic heterocycles. The molecule has 0 unspecified atom stereocenters. The first-order chi connectivity index (χ1) is 14.8. The Morgan fingerprint density at radius 2 is 2.10 bits per heavy atom. The second-order valence-corrected chi connectivity index (χ2v) is 7.55. The molecule has 1 aliphatic rings. The van der Waals surface area contributed by atoms with Gasteiger partial charge >= 0.3 is 6.18 Å². The summed E-state index contributed by atoms with van der Waals surface area (Å²) < 4.78 is 47.9. The number of aromatic amines is 1. The minimum absolute atomic E-state index is 0.0363. The minimum atomic E-state index is -4.48. The minimum Gasteiger partial charge on any atom is -0.382 e. The average molecular weight is 454 g/mol. The number of benzene rings is 1. The van der Waals surface area contributed by atoms with E-state index in [4.69, 9.17) is 16.3 Å². The van der Waals surface area contributed by atoms with Crippen LogP contribution in [0.15, 0.2) is 41.6 Å². The lowest BCUT2D eigenvalue weighted by Crippen LogP contribution is -2.33. The van der Waals surface area contributed by atoms with E-state index in [2.05, 4.69) is 15.2 Å². The summed E-state index contributed by atoms with van der Waals surface area (Å²) in [7, 11) is 1.45. The molecule has 31 heavy (non-hydrogen) atoms. The zero-order valence-corrected chi connectivity index (χ0v) is 17.2. The molecule has 3 heterocycles. The van der Waals surface area contributed by atoms with Crippen LogP contribution in [0.25, 0.3) is 0 Å². The van der Waals surface area contributed by atoms with Crippen LogP contribution in [0.5, 0.6) is 0 Å². The number of halogens is 4. The van der Waals surface area contributed by atoms with Gasteiger partial charge in [-0.2, -0.15) is 18.3 Å². The highest BCUT2D eigenvalue weighted by Crippen LogP contribution is 2.37. The van der Waals surface area contributed by atoms with Gasteiger partial charge in [0, 0.05) is 25.8 Å². The van der Waals surface area contributed by atoms with Crippen LogP contribution in [-0.2, 0) is 23.9 Å². The number of ether oxygens (including phenoxy) is 1. The molecule has 7 nitrogen and oxygen atoms in total. The number of H-pyrrole nitrogens is 1. The van der Waals surface area contributed by atoms with Crippen LogP contribution in [0.1, 0.15) is 28.6 Å². The van der Waals surface area contributed by atoms with Crippen LogP contribution in [0.3, 0.4) is 0 Å². The van der Waals surface area contributed by atoms with Crippen LogP contribution in [0.4, 0.5) is 18.9 Å². The third kappa shape index (κ3) is 4.05. The molecule has 0 amide bonds. The maximum absolute atomic E-state index is 13.6. The van der Waals surface area contributed by atoms with Crippen molar-refractivity contribution in [1.29, 1.82) is 0 Å². The van der Waals surface area contributed by atoms with Crippen LogP contribution in [0, 0.1) is 0 Å². The van der Waals surface area contributed by atoms with Crippen LogP contribution < -0.4 is 10.5 Å². The number of fused-ring (bicyclic) bond motifs is 1. The number of imidazole rings is 1. The molecular formula is C20H19ClF3N5O2. The van der Waals surface area contributed by atoms with Gasteiger partial charge in [-0.25, -0.2) is 10.1 Å². The number of anilines is 1. The Morgan fingerprint density at radius 3 is 2.84 bits per heavy atom. The predicted molar refractivity (Wildman–Crippen MR) is 108 cm³/mol. The van der Waals surface area contributed by atoms with Crippen molar-refractivity contribution in [3.05, 3.63) is 74.7 Å². The fourth-order valence-electron chi connectivity index (χ4n) is 3.92. The fourth-order valence-corrected chi connectivity index (χ4v) is 4.13. The van der Waals surface area contributed by atoms with E-state index in [-0.39, 0.29) is 17.2 Å². The second-order valence-electron chi connectivity index (χ2n) is 7.17. The highest BCUT2D eigenvalue weighted by atomic mass is 35.5. The van der Waals surface area contributed by atoms with Crippen molar-refractivity contribution in [1.82, 2.24) is 19.7 Å². The summed E-state index contributed by atoms with van der Waals surface area (Å²) in [5, 5.41) is 6.11. The zero-order chi connectivity index (χ0) is 22.2. The van der Waals surface area contributed by atoms with E-state index in [1.807, 2.05) is 4.90 Å². The van der Waals surface area contributed by atoms with Crippen LogP contribution in [-0.4, -0.2) is 40.0 Å². The molecule has 164 valence electrons. The van der Waals surface area contributed by atoms with E-state index in [9.17, 15) is 18.0 Å². The van der Waals surface area contributed by atoms with Crippen LogP contribution >= 0.6 is 11.6 Å². The van der Waals surface area contributed by atoms with E-state index in [0.29, 0.717) is 30.9 Å². The summed E-state index contributed by atoms with van der Waals surface area (Å²) in [5.74, 6) is 0. The van der Waals surface area contributed by atoms with Crippen molar-refractivity contribution in [2.45, 2.75) is 25.2 Å². The van der Waals surface area contributed by atoms with E-state index in [1.165, 1.54) is 25.4 Å². The maximum atomic E-state index is 13.6. The molecule has 11 heteroatoms. The Labute approximate surface area is 180 Å². The summed E-state index contributed by atoms with van der Waals surface area (Å²) in [6, 6.07) is 4.81. The van der Waals surface area contributed by atoms with E-state index in [1.54, 1.807) is 17.0 Å². The van der Waals surface area contributed by atoms with Crippen molar-refractivity contribution >= 4 is 17.3 Å².